The van der Waals surface area contributed by atoms with Crippen LogP contribution in [0.15, 0.2) is 28.0 Å². The molecule has 1 heterocycles. The van der Waals surface area contributed by atoms with E-state index in [2.05, 4.69) is 10.2 Å². The minimum atomic E-state index is 0.00942. The van der Waals surface area contributed by atoms with Crippen LogP contribution >= 0.6 is 23.1 Å². The van der Waals surface area contributed by atoms with Crippen molar-refractivity contribution in [2.24, 2.45) is 5.73 Å². The monoisotopic (exact) mass is 280 g/mol. The Labute approximate surface area is 113 Å². The van der Waals surface area contributed by atoms with Gasteiger partial charge in [-0.05, 0) is 17.7 Å². The number of amidine groups is 1. The lowest BCUT2D eigenvalue weighted by Crippen LogP contribution is -2.12. The number of thioether (sulfide) groups is 1. The topological polar surface area (TPSA) is 84.9 Å². The molecular formula is C11H12N4OS2. The highest BCUT2D eigenvalue weighted by Crippen LogP contribution is 2.27. The zero-order valence-electron chi connectivity index (χ0n) is 9.71. The van der Waals surface area contributed by atoms with Gasteiger partial charge >= 0.3 is 0 Å². The summed E-state index contributed by atoms with van der Waals surface area (Å²) < 4.78 is 6.16. The Morgan fingerprint density at radius 1 is 1.56 bits per heavy atom. The van der Waals surface area contributed by atoms with Gasteiger partial charge in [-0.25, -0.2) is 0 Å². The molecule has 0 radical (unpaired) electrons. The summed E-state index contributed by atoms with van der Waals surface area (Å²) in [5.74, 6) is 1.41. The molecule has 0 spiro atoms. The Balaban J connectivity index is 2.12. The third kappa shape index (κ3) is 2.99. The molecule has 0 saturated carbocycles. The van der Waals surface area contributed by atoms with Crippen molar-refractivity contribution < 1.29 is 4.74 Å². The second-order valence-electron chi connectivity index (χ2n) is 3.44. The van der Waals surface area contributed by atoms with Gasteiger partial charge in [-0.15, -0.1) is 10.2 Å². The lowest BCUT2D eigenvalue weighted by atomic mass is 10.1. The second kappa shape index (κ2) is 5.83. The molecule has 94 valence electrons. The smallest absolute Gasteiger partial charge is 0.174 e. The largest absolute Gasteiger partial charge is 0.496 e. The number of nitrogens with two attached hydrogens (primary N) is 1. The number of hydrogen-bond acceptors (Lipinski definition) is 6. The maximum absolute atomic E-state index is 7.44. The van der Waals surface area contributed by atoms with Crippen molar-refractivity contribution in [2.45, 2.75) is 10.1 Å². The molecule has 1 aromatic heterocycles. The summed E-state index contributed by atoms with van der Waals surface area (Å²) in [5.41, 5.74) is 8.89. The van der Waals surface area contributed by atoms with E-state index in [9.17, 15) is 0 Å². The lowest BCUT2D eigenvalue weighted by molar-refractivity contribution is 0.413. The van der Waals surface area contributed by atoms with Crippen LogP contribution in [0.1, 0.15) is 11.1 Å². The zero-order valence-corrected chi connectivity index (χ0v) is 11.3. The van der Waals surface area contributed by atoms with Gasteiger partial charge in [0.25, 0.3) is 0 Å². The molecule has 0 aliphatic heterocycles. The molecule has 7 heteroatoms. The number of nitrogens with one attached hydrogen (secondary N) is 1. The van der Waals surface area contributed by atoms with Gasteiger partial charge in [-0.2, -0.15) is 0 Å². The summed E-state index contributed by atoms with van der Waals surface area (Å²) in [7, 11) is 1.57. The average molecular weight is 280 g/mol. The van der Waals surface area contributed by atoms with E-state index in [0.29, 0.717) is 11.3 Å². The van der Waals surface area contributed by atoms with E-state index in [1.54, 1.807) is 30.4 Å². The van der Waals surface area contributed by atoms with Crippen LogP contribution in [0, 0.1) is 5.41 Å². The van der Waals surface area contributed by atoms with Gasteiger partial charge in [0.15, 0.2) is 4.34 Å². The minimum absolute atomic E-state index is 0.00942. The average Bonchev–Trinajstić information content (AvgIpc) is 2.88. The molecule has 0 fully saturated rings. The molecular weight excluding hydrogens is 268 g/mol. The molecule has 5 nitrogen and oxygen atoms in total. The number of aromatic nitrogens is 2. The molecule has 0 atom stereocenters. The maximum Gasteiger partial charge on any atom is 0.174 e. The van der Waals surface area contributed by atoms with Gasteiger partial charge in [0.2, 0.25) is 0 Å². The van der Waals surface area contributed by atoms with E-state index < -0.39 is 0 Å². The SMILES string of the molecule is COc1cc(CSc2nncs2)ccc1C(=N)N. The Morgan fingerprint density at radius 3 is 3.00 bits per heavy atom. The third-order valence-electron chi connectivity index (χ3n) is 2.26. The Hall–Kier alpha value is -1.60. The fourth-order valence-electron chi connectivity index (χ4n) is 1.42. The van der Waals surface area contributed by atoms with Crippen molar-refractivity contribution >= 4 is 28.9 Å². The molecule has 2 rings (SSSR count). The quantitative estimate of drug-likeness (QED) is 0.498. The molecule has 0 saturated heterocycles. The van der Waals surface area contributed by atoms with Gasteiger partial charge in [0.1, 0.15) is 17.1 Å². The van der Waals surface area contributed by atoms with Crippen LogP contribution in [-0.2, 0) is 5.75 Å². The first-order chi connectivity index (χ1) is 8.70. The molecule has 0 aliphatic rings. The van der Waals surface area contributed by atoms with Crippen LogP contribution in [0.5, 0.6) is 5.75 Å². The van der Waals surface area contributed by atoms with E-state index in [-0.39, 0.29) is 5.84 Å². The van der Waals surface area contributed by atoms with Crippen LogP contribution in [0.3, 0.4) is 0 Å². The highest BCUT2D eigenvalue weighted by atomic mass is 32.2. The van der Waals surface area contributed by atoms with Crippen molar-refractivity contribution in [1.29, 1.82) is 5.41 Å². The van der Waals surface area contributed by atoms with Crippen molar-refractivity contribution in [2.75, 3.05) is 7.11 Å². The maximum atomic E-state index is 7.44. The van der Waals surface area contributed by atoms with Crippen LogP contribution in [0.25, 0.3) is 0 Å². The summed E-state index contributed by atoms with van der Waals surface area (Å²) in [4.78, 5) is 0. The highest BCUT2D eigenvalue weighted by Gasteiger charge is 2.07. The summed E-state index contributed by atoms with van der Waals surface area (Å²) in [6, 6.07) is 5.63. The fourth-order valence-corrected chi connectivity index (χ4v) is 2.85. The van der Waals surface area contributed by atoms with Crippen LogP contribution in [0.2, 0.25) is 0 Å². The summed E-state index contributed by atoms with van der Waals surface area (Å²) in [5, 5.41) is 15.2. The minimum Gasteiger partial charge on any atom is -0.496 e. The van der Waals surface area contributed by atoms with E-state index in [0.717, 1.165) is 15.7 Å². The molecule has 3 N–H and O–H groups in total. The molecule has 0 bridgehead atoms. The van der Waals surface area contributed by atoms with Crippen LogP contribution in [-0.4, -0.2) is 23.1 Å². The third-order valence-corrected chi connectivity index (χ3v) is 4.19. The Morgan fingerprint density at radius 2 is 2.39 bits per heavy atom. The first-order valence-corrected chi connectivity index (χ1v) is 6.97. The molecule has 18 heavy (non-hydrogen) atoms. The molecule has 0 amide bonds. The number of nitrogen functional groups attached to an aromatic ring is 1. The van der Waals surface area contributed by atoms with Crippen molar-refractivity contribution in [3.8, 4) is 5.75 Å². The van der Waals surface area contributed by atoms with Gasteiger partial charge in [0.05, 0.1) is 12.7 Å². The lowest BCUT2D eigenvalue weighted by Gasteiger charge is -2.08. The number of benzene rings is 1. The van der Waals surface area contributed by atoms with Gasteiger partial charge in [-0.3, -0.25) is 5.41 Å². The van der Waals surface area contributed by atoms with E-state index in [1.165, 1.54) is 11.3 Å². The van der Waals surface area contributed by atoms with Crippen molar-refractivity contribution in [3.63, 3.8) is 0 Å². The van der Waals surface area contributed by atoms with Crippen LogP contribution < -0.4 is 10.5 Å². The Bertz CT molecular complexity index is 542. The summed E-state index contributed by atoms with van der Waals surface area (Å²) >= 11 is 3.13. The standard InChI is InChI=1S/C11H12N4OS2/c1-16-9-4-7(2-3-8(9)10(12)13)5-17-11-15-14-6-18-11/h2-4,6H,5H2,1H3,(H3,12,13). The molecule has 1 aromatic carbocycles. The molecule has 0 aliphatic carbocycles. The van der Waals surface area contributed by atoms with E-state index in [1.807, 2.05) is 12.1 Å². The van der Waals surface area contributed by atoms with Crippen molar-refractivity contribution in [3.05, 3.63) is 34.8 Å². The number of hydrogen-bond donors (Lipinski definition) is 2. The molecule has 2 aromatic rings. The van der Waals surface area contributed by atoms with Crippen molar-refractivity contribution in [1.82, 2.24) is 10.2 Å². The highest BCUT2D eigenvalue weighted by molar-refractivity contribution is 8.00. The van der Waals surface area contributed by atoms with E-state index >= 15 is 0 Å². The second-order valence-corrected chi connectivity index (χ2v) is 5.50. The first kappa shape index (κ1) is 12.8. The Kier molecular flexibility index (Phi) is 4.16. The summed E-state index contributed by atoms with van der Waals surface area (Å²) in [6.45, 7) is 0. The zero-order chi connectivity index (χ0) is 13.0. The predicted octanol–water partition coefficient (Wildman–Crippen LogP) is 2.12. The summed E-state index contributed by atoms with van der Waals surface area (Å²) in [6.07, 6.45) is 0. The van der Waals surface area contributed by atoms with Gasteiger partial charge in [-0.1, -0.05) is 29.2 Å². The van der Waals surface area contributed by atoms with Gasteiger partial charge < -0.3 is 10.5 Å². The fraction of sp³-hybridized carbons (Fsp3) is 0.182. The normalized spacial score (nSPS) is 10.3. The number of nitrogens with zero attached hydrogens (tertiary/aromatic N) is 2. The predicted molar refractivity (Wildman–Crippen MR) is 73.5 cm³/mol. The van der Waals surface area contributed by atoms with Crippen LogP contribution in [0.4, 0.5) is 0 Å². The first-order valence-electron chi connectivity index (χ1n) is 5.11. The number of methoxy groups -OCH3 is 1. The number of rotatable bonds is 5. The van der Waals surface area contributed by atoms with Gasteiger partial charge in [0, 0.05) is 5.75 Å². The molecule has 0 unspecified atom stereocenters. The number of ether oxygens (including phenoxy) is 1. The van der Waals surface area contributed by atoms with E-state index in [4.69, 9.17) is 15.9 Å².